The van der Waals surface area contributed by atoms with E-state index in [0.29, 0.717) is 0 Å². The number of nitrogens with zero attached hydrogens (tertiary/aromatic N) is 2. The van der Waals surface area contributed by atoms with E-state index in [-0.39, 0.29) is 0 Å². The average molecular weight is 739 g/mol. The second-order valence-corrected chi connectivity index (χ2v) is 15.0. The molecule has 11 rings (SSSR count). The predicted molar refractivity (Wildman–Crippen MR) is 247 cm³/mol. The highest BCUT2D eigenvalue weighted by atomic mass is 15.1. The standard InChI is InChI=1S/C56H38N2/c1-3-14-39(15-4-1)43-28-29-45-37-49(35-32-44(45)36-43)57(47-20-13-21-48(38-47)58-54-26-9-7-22-52(54)53-23-8-10-27-55(53)58)46-33-30-41(31-34-46)51-25-12-19-42-18-11-24-50(56(42)51)40-16-5-2-6-17-40/h1-38H. The Bertz CT molecular complexity index is 3210. The van der Waals surface area contributed by atoms with Gasteiger partial charge in [0.05, 0.1) is 11.0 Å². The maximum absolute atomic E-state index is 2.39. The molecule has 272 valence electrons. The van der Waals surface area contributed by atoms with Crippen molar-refractivity contribution in [3.63, 3.8) is 0 Å². The van der Waals surface area contributed by atoms with Crippen LogP contribution in [0, 0.1) is 0 Å². The van der Waals surface area contributed by atoms with Crippen LogP contribution in [0.5, 0.6) is 0 Å². The number of fused-ring (bicyclic) bond motifs is 5. The van der Waals surface area contributed by atoms with Crippen molar-refractivity contribution < 1.29 is 0 Å². The molecule has 0 spiro atoms. The smallest absolute Gasteiger partial charge is 0.0541 e. The Morgan fingerprint density at radius 2 is 0.810 bits per heavy atom. The Kier molecular flexibility index (Phi) is 8.19. The maximum atomic E-state index is 2.39. The van der Waals surface area contributed by atoms with E-state index in [1.54, 1.807) is 0 Å². The quantitative estimate of drug-likeness (QED) is 0.158. The summed E-state index contributed by atoms with van der Waals surface area (Å²) in [4.78, 5) is 2.39. The molecule has 0 aliphatic rings. The number of hydrogen-bond acceptors (Lipinski definition) is 1. The molecule has 0 N–H and O–H groups in total. The minimum absolute atomic E-state index is 1.09. The van der Waals surface area contributed by atoms with Gasteiger partial charge in [-0.25, -0.2) is 0 Å². The fourth-order valence-electron chi connectivity index (χ4n) is 8.83. The Morgan fingerprint density at radius 3 is 1.50 bits per heavy atom. The second kappa shape index (κ2) is 14.1. The molecule has 0 fully saturated rings. The number of aromatic nitrogens is 1. The summed E-state index contributed by atoms with van der Waals surface area (Å²) < 4.78 is 2.39. The summed E-state index contributed by atoms with van der Waals surface area (Å²) in [6.07, 6.45) is 0. The van der Waals surface area contributed by atoms with Gasteiger partial charge in [-0.3, -0.25) is 0 Å². The molecule has 58 heavy (non-hydrogen) atoms. The van der Waals surface area contributed by atoms with Gasteiger partial charge < -0.3 is 9.47 Å². The molecule has 0 bridgehead atoms. The summed E-state index contributed by atoms with van der Waals surface area (Å²) in [5, 5.41) is 7.42. The molecular formula is C56H38N2. The third-order valence-electron chi connectivity index (χ3n) is 11.5. The fourth-order valence-corrected chi connectivity index (χ4v) is 8.83. The van der Waals surface area contributed by atoms with Crippen LogP contribution < -0.4 is 4.90 Å². The molecule has 0 amide bonds. The molecule has 0 aliphatic heterocycles. The van der Waals surface area contributed by atoms with Gasteiger partial charge in [0.25, 0.3) is 0 Å². The molecule has 10 aromatic carbocycles. The van der Waals surface area contributed by atoms with Gasteiger partial charge in [-0.15, -0.1) is 0 Å². The van der Waals surface area contributed by atoms with Crippen molar-refractivity contribution >= 4 is 60.4 Å². The zero-order chi connectivity index (χ0) is 38.4. The second-order valence-electron chi connectivity index (χ2n) is 15.0. The summed E-state index contributed by atoms with van der Waals surface area (Å²) in [7, 11) is 0. The van der Waals surface area contributed by atoms with Gasteiger partial charge in [0.2, 0.25) is 0 Å². The number of benzene rings is 10. The zero-order valence-corrected chi connectivity index (χ0v) is 31.8. The van der Waals surface area contributed by atoms with Crippen molar-refractivity contribution in [1.82, 2.24) is 4.57 Å². The number of anilines is 3. The summed E-state index contributed by atoms with van der Waals surface area (Å²) in [6, 6.07) is 83.7. The summed E-state index contributed by atoms with van der Waals surface area (Å²) in [6.45, 7) is 0. The molecule has 1 heterocycles. The Labute approximate surface area is 338 Å². The topological polar surface area (TPSA) is 8.17 Å². The lowest BCUT2D eigenvalue weighted by atomic mass is 9.91. The maximum Gasteiger partial charge on any atom is 0.0541 e. The molecule has 0 radical (unpaired) electrons. The minimum Gasteiger partial charge on any atom is -0.310 e. The highest BCUT2D eigenvalue weighted by molar-refractivity contribution is 6.09. The molecule has 0 saturated heterocycles. The van der Waals surface area contributed by atoms with Crippen LogP contribution in [-0.4, -0.2) is 4.57 Å². The summed E-state index contributed by atoms with van der Waals surface area (Å²) in [5.74, 6) is 0. The lowest BCUT2D eigenvalue weighted by molar-refractivity contribution is 1.17. The molecule has 2 nitrogen and oxygen atoms in total. The van der Waals surface area contributed by atoms with Crippen molar-refractivity contribution in [2.24, 2.45) is 0 Å². The molecule has 0 saturated carbocycles. The lowest BCUT2D eigenvalue weighted by Crippen LogP contribution is -2.10. The number of hydrogen-bond donors (Lipinski definition) is 0. The van der Waals surface area contributed by atoms with Gasteiger partial charge in [0.1, 0.15) is 0 Å². The van der Waals surface area contributed by atoms with Crippen molar-refractivity contribution in [3.05, 3.63) is 231 Å². The Hall–Kier alpha value is -7.68. The zero-order valence-electron chi connectivity index (χ0n) is 31.8. The SMILES string of the molecule is c1ccc(-c2ccc3cc(N(c4ccc(-c5cccc6cccc(-c7ccccc7)c56)cc4)c4cccc(-n5c6ccccc6c6ccccc65)c4)ccc3c2)cc1. The summed E-state index contributed by atoms with van der Waals surface area (Å²) in [5.41, 5.74) is 14.1. The third-order valence-corrected chi connectivity index (χ3v) is 11.5. The summed E-state index contributed by atoms with van der Waals surface area (Å²) >= 11 is 0. The average Bonchev–Trinajstić information content (AvgIpc) is 3.64. The van der Waals surface area contributed by atoms with Crippen LogP contribution in [0.2, 0.25) is 0 Å². The van der Waals surface area contributed by atoms with Crippen LogP contribution in [0.3, 0.4) is 0 Å². The van der Waals surface area contributed by atoms with E-state index < -0.39 is 0 Å². The predicted octanol–water partition coefficient (Wildman–Crippen LogP) is 15.6. The van der Waals surface area contributed by atoms with Gasteiger partial charge in [-0.1, -0.05) is 170 Å². The number of para-hydroxylation sites is 2. The fraction of sp³-hybridized carbons (Fsp3) is 0. The molecular weight excluding hydrogens is 701 g/mol. The lowest BCUT2D eigenvalue weighted by Gasteiger charge is -2.27. The van der Waals surface area contributed by atoms with Crippen molar-refractivity contribution in [1.29, 1.82) is 0 Å². The molecule has 0 atom stereocenters. The van der Waals surface area contributed by atoms with Crippen LogP contribution in [0.4, 0.5) is 17.1 Å². The molecule has 11 aromatic rings. The van der Waals surface area contributed by atoms with Crippen LogP contribution in [-0.2, 0) is 0 Å². The number of rotatable bonds is 7. The highest BCUT2D eigenvalue weighted by Gasteiger charge is 2.18. The first-order valence-electron chi connectivity index (χ1n) is 19.9. The van der Waals surface area contributed by atoms with E-state index >= 15 is 0 Å². The van der Waals surface area contributed by atoms with E-state index in [2.05, 4.69) is 240 Å². The van der Waals surface area contributed by atoms with Crippen molar-refractivity contribution in [2.75, 3.05) is 4.90 Å². The largest absolute Gasteiger partial charge is 0.310 e. The van der Waals surface area contributed by atoms with Crippen LogP contribution in [0.15, 0.2) is 231 Å². The Balaban J connectivity index is 1.06. The van der Waals surface area contributed by atoms with Crippen molar-refractivity contribution in [2.45, 2.75) is 0 Å². The first-order valence-corrected chi connectivity index (χ1v) is 19.9. The van der Waals surface area contributed by atoms with Gasteiger partial charge in [0, 0.05) is 33.5 Å². The third kappa shape index (κ3) is 5.82. The molecule has 1 aromatic heterocycles. The van der Waals surface area contributed by atoms with E-state index in [9.17, 15) is 0 Å². The van der Waals surface area contributed by atoms with Gasteiger partial charge in [0.15, 0.2) is 0 Å². The molecule has 2 heteroatoms. The first kappa shape index (κ1) is 33.6. The molecule has 0 unspecified atom stereocenters. The van der Waals surface area contributed by atoms with Gasteiger partial charge in [-0.05, 0) is 116 Å². The van der Waals surface area contributed by atoms with E-state index in [0.717, 1.165) is 22.7 Å². The normalized spacial score (nSPS) is 11.4. The van der Waals surface area contributed by atoms with Crippen LogP contribution in [0.1, 0.15) is 0 Å². The minimum atomic E-state index is 1.09. The first-order chi connectivity index (χ1) is 28.8. The molecule has 0 aliphatic carbocycles. The van der Waals surface area contributed by atoms with E-state index in [1.165, 1.54) is 76.7 Å². The van der Waals surface area contributed by atoms with Crippen LogP contribution >= 0.6 is 0 Å². The van der Waals surface area contributed by atoms with Crippen LogP contribution in [0.25, 0.3) is 82.4 Å². The van der Waals surface area contributed by atoms with Gasteiger partial charge in [-0.2, -0.15) is 0 Å². The highest BCUT2D eigenvalue weighted by Crippen LogP contribution is 2.42. The van der Waals surface area contributed by atoms with E-state index in [1.807, 2.05) is 0 Å². The monoisotopic (exact) mass is 738 g/mol. The van der Waals surface area contributed by atoms with Crippen molar-refractivity contribution in [3.8, 4) is 39.1 Å². The van der Waals surface area contributed by atoms with E-state index in [4.69, 9.17) is 0 Å². The van der Waals surface area contributed by atoms with Gasteiger partial charge >= 0.3 is 0 Å². The Morgan fingerprint density at radius 1 is 0.293 bits per heavy atom.